The summed E-state index contributed by atoms with van der Waals surface area (Å²) in [5.74, 6) is -0.201. The van der Waals surface area contributed by atoms with Crippen LogP contribution in [0.4, 0.5) is 5.82 Å². The molecule has 12 nitrogen and oxygen atoms in total. The van der Waals surface area contributed by atoms with E-state index in [9.17, 15) is 9.90 Å². The highest BCUT2D eigenvalue weighted by Crippen LogP contribution is 2.17. The Morgan fingerprint density at radius 2 is 2.03 bits per heavy atom. The molecule has 0 aliphatic carbocycles. The molecule has 4 N–H and O–H groups in total. The number of benzene rings is 1. The number of hydrogen-bond acceptors (Lipinski definition) is 10. The predicted octanol–water partition coefficient (Wildman–Crippen LogP) is 0.544. The number of phenols is 1. The van der Waals surface area contributed by atoms with Crippen LogP contribution in [0.5, 0.6) is 5.75 Å². The minimum absolute atomic E-state index is 0.0352. The number of carbonyl (C=O) groups is 1. The Morgan fingerprint density at radius 1 is 1.31 bits per heavy atom. The Hall–Kier alpha value is -3.80. The predicted molar refractivity (Wildman–Crippen MR) is 103 cm³/mol. The number of hydrogen-bond donors (Lipinski definition) is 3. The Kier molecular flexibility index (Phi) is 6.14. The molecule has 0 fully saturated rings. The van der Waals surface area contributed by atoms with E-state index >= 15 is 0 Å². The van der Waals surface area contributed by atoms with E-state index < -0.39 is 5.91 Å². The zero-order valence-corrected chi connectivity index (χ0v) is 16.0. The number of aromatic hydroxyl groups is 1. The molecule has 0 saturated carbocycles. The molecule has 29 heavy (non-hydrogen) atoms. The van der Waals surface area contributed by atoms with Gasteiger partial charge in [0.15, 0.2) is 5.69 Å². The molecule has 0 saturated heterocycles. The number of hydrazone groups is 1. The van der Waals surface area contributed by atoms with Crippen molar-refractivity contribution in [2.45, 2.75) is 20.4 Å². The van der Waals surface area contributed by atoms with E-state index in [0.717, 1.165) is 13.1 Å². The van der Waals surface area contributed by atoms with Crippen molar-refractivity contribution in [3.05, 3.63) is 41.2 Å². The average molecular weight is 399 g/mol. The monoisotopic (exact) mass is 399 g/mol. The lowest BCUT2D eigenvalue weighted by Crippen LogP contribution is -2.27. The highest BCUT2D eigenvalue weighted by molar-refractivity contribution is 5.94. The summed E-state index contributed by atoms with van der Waals surface area (Å²) >= 11 is 0. The molecule has 12 heteroatoms. The van der Waals surface area contributed by atoms with E-state index in [2.05, 4.69) is 40.7 Å². The van der Waals surface area contributed by atoms with Gasteiger partial charge in [0, 0.05) is 6.54 Å². The van der Waals surface area contributed by atoms with Crippen LogP contribution < -0.4 is 11.2 Å². The van der Waals surface area contributed by atoms with E-state index in [1.165, 1.54) is 23.0 Å². The molecule has 152 valence electrons. The van der Waals surface area contributed by atoms with E-state index in [4.69, 9.17) is 5.73 Å². The molecule has 0 radical (unpaired) electrons. The number of rotatable bonds is 8. The van der Waals surface area contributed by atoms with Gasteiger partial charge in [-0.1, -0.05) is 19.1 Å². The van der Waals surface area contributed by atoms with Crippen molar-refractivity contribution in [1.82, 2.24) is 35.6 Å². The summed E-state index contributed by atoms with van der Waals surface area (Å²) in [5, 5.41) is 28.5. The molecule has 0 bridgehead atoms. The summed E-state index contributed by atoms with van der Waals surface area (Å²) in [6.07, 6.45) is 1.45. The number of nitrogens with one attached hydrogen (secondary N) is 1. The van der Waals surface area contributed by atoms with E-state index in [-0.39, 0.29) is 23.1 Å². The number of nitrogens with zero attached hydrogens (tertiary/aromatic N) is 7. The highest BCUT2D eigenvalue weighted by atomic mass is 16.6. The van der Waals surface area contributed by atoms with Gasteiger partial charge in [-0.15, -0.1) is 5.10 Å². The summed E-state index contributed by atoms with van der Waals surface area (Å²) in [6.45, 7) is 5.91. The second-order valence-electron chi connectivity index (χ2n) is 6.02. The molecule has 2 heterocycles. The molecule has 3 aromatic rings. The van der Waals surface area contributed by atoms with Gasteiger partial charge in [-0.05, 0) is 53.2 Å². The van der Waals surface area contributed by atoms with Gasteiger partial charge in [-0.2, -0.15) is 9.78 Å². The zero-order valence-electron chi connectivity index (χ0n) is 16.0. The van der Waals surface area contributed by atoms with Gasteiger partial charge in [0.2, 0.25) is 11.6 Å². The van der Waals surface area contributed by atoms with Crippen LogP contribution in [-0.4, -0.2) is 60.5 Å². The zero-order chi connectivity index (χ0) is 20.8. The largest absolute Gasteiger partial charge is 0.508 e. The first kappa shape index (κ1) is 19.9. The standard InChI is InChI=1S/C17H21N9O3/c1-3-25(4-2)10-13-14(20-24-26(13)16-15(18)22-29-23-16)17(28)21-19-9-11-5-7-12(27)8-6-11/h5-9,27H,3-4,10H2,1-2H3,(H2,18,22)(H,21,28)/b19-9-. The Bertz CT molecular complexity index is 990. The van der Waals surface area contributed by atoms with Crippen molar-refractivity contribution in [2.24, 2.45) is 5.10 Å². The van der Waals surface area contributed by atoms with Crippen molar-refractivity contribution in [2.75, 3.05) is 18.8 Å². The Labute approximate surface area is 166 Å². The molecule has 1 aromatic carbocycles. The van der Waals surface area contributed by atoms with Crippen LogP contribution in [0.25, 0.3) is 5.82 Å². The van der Waals surface area contributed by atoms with E-state index in [1.54, 1.807) is 12.1 Å². The van der Waals surface area contributed by atoms with Crippen molar-refractivity contribution in [3.8, 4) is 11.6 Å². The van der Waals surface area contributed by atoms with Gasteiger partial charge in [0.1, 0.15) is 5.75 Å². The van der Waals surface area contributed by atoms with Crippen molar-refractivity contribution >= 4 is 17.9 Å². The van der Waals surface area contributed by atoms with Gasteiger partial charge in [-0.3, -0.25) is 9.69 Å². The first-order valence-corrected chi connectivity index (χ1v) is 8.91. The highest BCUT2D eigenvalue weighted by Gasteiger charge is 2.24. The van der Waals surface area contributed by atoms with Crippen LogP contribution in [0.2, 0.25) is 0 Å². The van der Waals surface area contributed by atoms with Gasteiger partial charge in [0.05, 0.1) is 11.9 Å². The molecule has 0 spiro atoms. The fraction of sp³-hybridized carbons (Fsp3) is 0.294. The molecule has 1 amide bonds. The number of amides is 1. The Balaban J connectivity index is 1.85. The molecule has 0 aliphatic heterocycles. The first-order chi connectivity index (χ1) is 14.0. The molecular formula is C17H21N9O3. The summed E-state index contributed by atoms with van der Waals surface area (Å²) < 4.78 is 5.97. The summed E-state index contributed by atoms with van der Waals surface area (Å²) in [6, 6.07) is 6.36. The smallest absolute Gasteiger partial charge is 0.293 e. The SMILES string of the molecule is CCN(CC)Cc1c(C(=O)N/N=C\c2ccc(O)cc2)nnn1-c1nonc1N. The minimum atomic E-state index is -0.538. The van der Waals surface area contributed by atoms with Crippen LogP contribution in [0.3, 0.4) is 0 Å². The maximum Gasteiger partial charge on any atom is 0.293 e. The summed E-state index contributed by atoms with van der Waals surface area (Å²) in [4.78, 5) is 14.7. The average Bonchev–Trinajstić information content (AvgIpc) is 3.33. The van der Waals surface area contributed by atoms with Gasteiger partial charge >= 0.3 is 0 Å². The third kappa shape index (κ3) is 4.55. The fourth-order valence-corrected chi connectivity index (χ4v) is 2.57. The Morgan fingerprint density at radius 3 is 2.66 bits per heavy atom. The second kappa shape index (κ2) is 8.93. The van der Waals surface area contributed by atoms with Gasteiger partial charge in [-0.25, -0.2) is 10.1 Å². The van der Waals surface area contributed by atoms with Crippen LogP contribution in [0.15, 0.2) is 34.0 Å². The van der Waals surface area contributed by atoms with Crippen molar-refractivity contribution < 1.29 is 14.5 Å². The number of carbonyl (C=O) groups excluding carboxylic acids is 1. The lowest BCUT2D eigenvalue weighted by atomic mass is 10.2. The fourth-order valence-electron chi connectivity index (χ4n) is 2.57. The summed E-state index contributed by atoms with van der Waals surface area (Å²) in [5.41, 5.74) is 9.46. The number of phenolic OH excluding ortho intramolecular Hbond substituents is 1. The van der Waals surface area contributed by atoms with Crippen molar-refractivity contribution in [3.63, 3.8) is 0 Å². The third-order valence-electron chi connectivity index (χ3n) is 4.22. The number of nitrogen functional groups attached to an aromatic ring is 1. The number of aromatic nitrogens is 5. The lowest BCUT2D eigenvalue weighted by Gasteiger charge is -2.18. The molecule has 0 atom stereocenters. The maximum absolute atomic E-state index is 12.6. The maximum atomic E-state index is 12.6. The quantitative estimate of drug-likeness (QED) is 0.363. The van der Waals surface area contributed by atoms with Crippen LogP contribution in [0.1, 0.15) is 35.6 Å². The number of nitrogens with two attached hydrogens (primary N) is 1. The molecule has 0 aliphatic rings. The second-order valence-corrected chi connectivity index (χ2v) is 6.02. The van der Waals surface area contributed by atoms with E-state index in [1.807, 2.05) is 13.8 Å². The number of anilines is 1. The molecule has 0 unspecified atom stereocenters. The normalized spacial score (nSPS) is 11.4. The van der Waals surface area contributed by atoms with Crippen LogP contribution in [0, 0.1) is 0 Å². The topological polar surface area (TPSA) is 161 Å². The van der Waals surface area contributed by atoms with E-state index in [0.29, 0.717) is 17.8 Å². The minimum Gasteiger partial charge on any atom is -0.508 e. The van der Waals surface area contributed by atoms with Crippen LogP contribution in [-0.2, 0) is 6.54 Å². The van der Waals surface area contributed by atoms with Crippen molar-refractivity contribution in [1.29, 1.82) is 0 Å². The van der Waals surface area contributed by atoms with Crippen LogP contribution >= 0.6 is 0 Å². The molecule has 2 aromatic heterocycles. The summed E-state index contributed by atoms with van der Waals surface area (Å²) in [7, 11) is 0. The lowest BCUT2D eigenvalue weighted by molar-refractivity contribution is 0.0948. The molecule has 3 rings (SSSR count). The first-order valence-electron chi connectivity index (χ1n) is 8.91. The van der Waals surface area contributed by atoms with Gasteiger partial charge in [0.25, 0.3) is 5.91 Å². The van der Waals surface area contributed by atoms with Gasteiger partial charge < -0.3 is 10.8 Å². The third-order valence-corrected chi connectivity index (χ3v) is 4.22. The molecular weight excluding hydrogens is 378 g/mol.